The van der Waals surface area contributed by atoms with Crippen LogP contribution >= 0.6 is 0 Å². The van der Waals surface area contributed by atoms with Crippen molar-refractivity contribution in [1.29, 1.82) is 0 Å². The highest BCUT2D eigenvalue weighted by atomic mass is 19.1. The first-order valence-corrected chi connectivity index (χ1v) is 7.24. The normalized spacial score (nSPS) is 10.6. The fourth-order valence-electron chi connectivity index (χ4n) is 2.33. The van der Waals surface area contributed by atoms with Gasteiger partial charge in [-0.15, -0.1) is 0 Å². The molecule has 4 heteroatoms. The first kappa shape index (κ1) is 14.3. The Balaban J connectivity index is 1.69. The van der Waals surface area contributed by atoms with Gasteiger partial charge in [0.25, 0.3) is 0 Å². The molecule has 0 aliphatic carbocycles. The number of hydrogen-bond acceptors (Lipinski definition) is 2. The average molecular weight is 296 g/mol. The van der Waals surface area contributed by atoms with E-state index in [1.165, 1.54) is 12.1 Å². The summed E-state index contributed by atoms with van der Waals surface area (Å²) in [5, 5.41) is 0. The zero-order valence-electron chi connectivity index (χ0n) is 12.4. The minimum atomic E-state index is -0.246. The lowest BCUT2D eigenvalue weighted by atomic mass is 10.1. The monoisotopic (exact) mass is 296 g/mol. The molecule has 0 spiro atoms. The first-order chi connectivity index (χ1) is 10.8. The largest absolute Gasteiger partial charge is 0.489 e. The van der Waals surface area contributed by atoms with Crippen molar-refractivity contribution in [2.75, 3.05) is 0 Å². The van der Waals surface area contributed by atoms with E-state index in [-0.39, 0.29) is 5.82 Å². The molecule has 0 aliphatic heterocycles. The van der Waals surface area contributed by atoms with Gasteiger partial charge in [-0.2, -0.15) is 0 Å². The van der Waals surface area contributed by atoms with Gasteiger partial charge in [0.15, 0.2) is 0 Å². The van der Waals surface area contributed by atoms with Crippen LogP contribution in [0, 0.1) is 5.82 Å². The molecule has 112 valence electrons. The van der Waals surface area contributed by atoms with Gasteiger partial charge in [-0.25, -0.2) is 9.37 Å². The minimum Gasteiger partial charge on any atom is -0.489 e. The lowest BCUT2D eigenvalue weighted by molar-refractivity contribution is 0.305. The Hall–Kier alpha value is -2.62. The van der Waals surface area contributed by atoms with Crippen molar-refractivity contribution in [3.8, 4) is 17.0 Å². The van der Waals surface area contributed by atoms with Gasteiger partial charge >= 0.3 is 0 Å². The summed E-state index contributed by atoms with van der Waals surface area (Å²) in [5.41, 5.74) is 2.99. The first-order valence-electron chi connectivity index (χ1n) is 7.24. The van der Waals surface area contributed by atoms with Crippen LogP contribution in [0.5, 0.6) is 5.75 Å². The maximum absolute atomic E-state index is 13.1. The van der Waals surface area contributed by atoms with Crippen molar-refractivity contribution in [3.05, 3.63) is 72.4 Å². The molecule has 0 amide bonds. The van der Waals surface area contributed by atoms with E-state index in [1.807, 2.05) is 42.9 Å². The van der Waals surface area contributed by atoms with Crippen molar-refractivity contribution in [3.63, 3.8) is 0 Å². The van der Waals surface area contributed by atoms with Crippen LogP contribution in [0.1, 0.15) is 12.5 Å². The van der Waals surface area contributed by atoms with Gasteiger partial charge in [0.05, 0.1) is 18.2 Å². The zero-order valence-corrected chi connectivity index (χ0v) is 12.4. The topological polar surface area (TPSA) is 27.1 Å². The molecule has 2 aromatic carbocycles. The van der Waals surface area contributed by atoms with Gasteiger partial charge < -0.3 is 9.30 Å². The number of rotatable bonds is 5. The summed E-state index contributed by atoms with van der Waals surface area (Å²) >= 11 is 0. The Morgan fingerprint density at radius 3 is 2.68 bits per heavy atom. The molecule has 3 nitrogen and oxygen atoms in total. The summed E-state index contributed by atoms with van der Waals surface area (Å²) in [6, 6.07) is 14.3. The molecule has 0 N–H and O–H groups in total. The van der Waals surface area contributed by atoms with Gasteiger partial charge in [-0.05, 0) is 48.9 Å². The predicted octanol–water partition coefficient (Wildman–Crippen LogP) is 4.29. The smallest absolute Gasteiger partial charge is 0.123 e. The van der Waals surface area contributed by atoms with E-state index in [4.69, 9.17) is 4.74 Å². The number of aromatic nitrogens is 2. The van der Waals surface area contributed by atoms with Crippen LogP contribution in [-0.4, -0.2) is 9.55 Å². The molecule has 3 aromatic rings. The number of imidazole rings is 1. The molecule has 0 atom stereocenters. The fraction of sp³-hybridized carbons (Fsp3) is 0.167. The Kier molecular flexibility index (Phi) is 4.19. The molecule has 1 aromatic heterocycles. The van der Waals surface area contributed by atoms with E-state index < -0.39 is 0 Å². The summed E-state index contributed by atoms with van der Waals surface area (Å²) in [6.07, 6.45) is 3.68. The van der Waals surface area contributed by atoms with Crippen LogP contribution in [0.2, 0.25) is 0 Å². The fourth-order valence-corrected chi connectivity index (χ4v) is 2.33. The van der Waals surface area contributed by atoms with Crippen LogP contribution in [0.25, 0.3) is 11.3 Å². The van der Waals surface area contributed by atoms with Crippen molar-refractivity contribution >= 4 is 0 Å². The van der Waals surface area contributed by atoms with E-state index in [0.717, 1.165) is 29.1 Å². The summed E-state index contributed by atoms with van der Waals surface area (Å²) in [6.45, 7) is 3.32. The number of aryl methyl sites for hydroxylation is 1. The quantitative estimate of drug-likeness (QED) is 0.702. The molecule has 22 heavy (non-hydrogen) atoms. The van der Waals surface area contributed by atoms with Gasteiger partial charge in [0.2, 0.25) is 0 Å². The van der Waals surface area contributed by atoms with Crippen molar-refractivity contribution < 1.29 is 9.13 Å². The van der Waals surface area contributed by atoms with Crippen molar-refractivity contribution in [1.82, 2.24) is 9.55 Å². The third-order valence-corrected chi connectivity index (χ3v) is 3.50. The maximum atomic E-state index is 13.1. The lowest BCUT2D eigenvalue weighted by Gasteiger charge is -2.08. The molecule has 1 heterocycles. The molecule has 0 saturated carbocycles. The number of nitrogens with zero attached hydrogens (tertiary/aromatic N) is 2. The standard InChI is InChI=1S/C18H17FN2O/c1-2-21-13-20-11-18(21)15-6-8-17(9-7-15)22-12-14-4-3-5-16(19)10-14/h3-11,13H,2,12H2,1H3. The number of benzene rings is 2. The summed E-state index contributed by atoms with van der Waals surface area (Å²) in [4.78, 5) is 4.17. The summed E-state index contributed by atoms with van der Waals surface area (Å²) in [5.74, 6) is 0.514. The van der Waals surface area contributed by atoms with E-state index in [2.05, 4.69) is 16.5 Å². The van der Waals surface area contributed by atoms with E-state index >= 15 is 0 Å². The third kappa shape index (κ3) is 3.17. The molecule has 0 saturated heterocycles. The van der Waals surface area contributed by atoms with E-state index in [0.29, 0.717) is 6.61 Å². The van der Waals surface area contributed by atoms with E-state index in [1.54, 1.807) is 6.07 Å². The average Bonchev–Trinajstić information content (AvgIpc) is 3.02. The maximum Gasteiger partial charge on any atom is 0.123 e. The second kappa shape index (κ2) is 6.43. The van der Waals surface area contributed by atoms with Crippen LogP contribution < -0.4 is 4.74 Å². The predicted molar refractivity (Wildman–Crippen MR) is 84.1 cm³/mol. The number of halogens is 1. The minimum absolute atomic E-state index is 0.246. The molecule has 0 bridgehead atoms. The van der Waals surface area contributed by atoms with Gasteiger partial charge in [0.1, 0.15) is 18.2 Å². The SMILES string of the molecule is CCn1cncc1-c1ccc(OCc2cccc(F)c2)cc1. The highest BCUT2D eigenvalue weighted by Gasteiger charge is 2.04. The van der Waals surface area contributed by atoms with Crippen LogP contribution in [0.15, 0.2) is 61.1 Å². The van der Waals surface area contributed by atoms with Crippen molar-refractivity contribution in [2.45, 2.75) is 20.1 Å². The van der Waals surface area contributed by atoms with Gasteiger partial charge in [-0.1, -0.05) is 12.1 Å². The molecule has 0 fully saturated rings. The third-order valence-electron chi connectivity index (χ3n) is 3.50. The van der Waals surface area contributed by atoms with Gasteiger partial charge in [-0.3, -0.25) is 0 Å². The second-order valence-corrected chi connectivity index (χ2v) is 5.01. The zero-order chi connectivity index (χ0) is 15.4. The molecule has 0 radical (unpaired) electrons. The summed E-state index contributed by atoms with van der Waals surface area (Å²) < 4.78 is 20.9. The van der Waals surface area contributed by atoms with Crippen molar-refractivity contribution in [2.24, 2.45) is 0 Å². The molecule has 0 aliphatic rings. The Labute approximate surface area is 129 Å². The molecular weight excluding hydrogens is 279 g/mol. The second-order valence-electron chi connectivity index (χ2n) is 5.01. The highest BCUT2D eigenvalue weighted by molar-refractivity contribution is 5.59. The Morgan fingerprint density at radius 2 is 1.95 bits per heavy atom. The lowest BCUT2D eigenvalue weighted by Crippen LogP contribution is -1.97. The number of hydrogen-bond donors (Lipinski definition) is 0. The van der Waals surface area contributed by atoms with Crippen LogP contribution in [-0.2, 0) is 13.2 Å². The molecule has 3 rings (SSSR count). The molecular formula is C18H17FN2O. The van der Waals surface area contributed by atoms with Gasteiger partial charge in [0, 0.05) is 12.1 Å². The van der Waals surface area contributed by atoms with Crippen LogP contribution in [0.4, 0.5) is 4.39 Å². The van der Waals surface area contributed by atoms with E-state index in [9.17, 15) is 4.39 Å². The number of ether oxygens (including phenoxy) is 1. The summed E-state index contributed by atoms with van der Waals surface area (Å²) in [7, 11) is 0. The van der Waals surface area contributed by atoms with Crippen LogP contribution in [0.3, 0.4) is 0 Å². The molecule has 0 unspecified atom stereocenters. The Morgan fingerprint density at radius 1 is 1.14 bits per heavy atom. The Bertz CT molecular complexity index is 750. The highest BCUT2D eigenvalue weighted by Crippen LogP contribution is 2.22.